The Bertz CT molecular complexity index is 387. The van der Waals surface area contributed by atoms with E-state index >= 15 is 0 Å². The van der Waals surface area contributed by atoms with E-state index in [-0.39, 0.29) is 12.5 Å². The predicted molar refractivity (Wildman–Crippen MR) is 71.6 cm³/mol. The van der Waals surface area contributed by atoms with Crippen LogP contribution in [0.25, 0.3) is 0 Å². The fourth-order valence-electron chi connectivity index (χ4n) is 1.71. The van der Waals surface area contributed by atoms with Crippen LogP contribution in [0.2, 0.25) is 0 Å². The Morgan fingerprint density at radius 2 is 2.17 bits per heavy atom. The van der Waals surface area contributed by atoms with E-state index in [0.29, 0.717) is 18.8 Å². The second kappa shape index (κ2) is 7.16. The van der Waals surface area contributed by atoms with E-state index in [1.807, 2.05) is 31.4 Å². The van der Waals surface area contributed by atoms with Crippen molar-refractivity contribution in [3.05, 3.63) is 22.4 Å². The van der Waals surface area contributed by atoms with Crippen LogP contribution < -0.4 is 5.32 Å². The minimum absolute atomic E-state index is 0.118. The molecule has 2 N–H and O–H groups in total. The van der Waals surface area contributed by atoms with Crippen LogP contribution >= 0.6 is 11.3 Å². The van der Waals surface area contributed by atoms with Crippen molar-refractivity contribution in [3.63, 3.8) is 0 Å². The third kappa shape index (κ3) is 5.31. The summed E-state index contributed by atoms with van der Waals surface area (Å²) >= 11 is 1.53. The molecule has 0 spiro atoms. The number of rotatable bonds is 7. The second-order valence-corrected chi connectivity index (χ2v) is 5.76. The summed E-state index contributed by atoms with van der Waals surface area (Å²) in [7, 11) is 0. The molecular formula is C13H19NO3S. The van der Waals surface area contributed by atoms with E-state index in [1.54, 1.807) is 0 Å². The lowest BCUT2D eigenvalue weighted by Gasteiger charge is -2.15. The van der Waals surface area contributed by atoms with Crippen molar-refractivity contribution in [1.29, 1.82) is 0 Å². The average Bonchev–Trinajstić information content (AvgIpc) is 2.76. The number of carbonyl (C=O) groups is 2. The van der Waals surface area contributed by atoms with Crippen LogP contribution in [0.1, 0.15) is 25.1 Å². The van der Waals surface area contributed by atoms with Crippen LogP contribution in [0.5, 0.6) is 0 Å². The molecule has 0 aliphatic rings. The molecule has 4 nitrogen and oxygen atoms in total. The van der Waals surface area contributed by atoms with Gasteiger partial charge in [-0.2, -0.15) is 0 Å². The molecule has 18 heavy (non-hydrogen) atoms. The molecule has 1 aromatic heterocycles. The maximum Gasteiger partial charge on any atom is 0.308 e. The first-order chi connectivity index (χ1) is 8.49. The maximum absolute atomic E-state index is 11.6. The van der Waals surface area contributed by atoms with Gasteiger partial charge in [0.1, 0.15) is 0 Å². The summed E-state index contributed by atoms with van der Waals surface area (Å²) in [5, 5.41) is 13.7. The molecule has 0 fully saturated rings. The van der Waals surface area contributed by atoms with Gasteiger partial charge in [-0.25, -0.2) is 0 Å². The van der Waals surface area contributed by atoms with E-state index in [1.165, 1.54) is 11.3 Å². The summed E-state index contributed by atoms with van der Waals surface area (Å²) in [6, 6.07) is 3.79. The van der Waals surface area contributed by atoms with Crippen LogP contribution in [0.15, 0.2) is 17.5 Å². The summed E-state index contributed by atoms with van der Waals surface area (Å²) in [4.78, 5) is 23.6. The Kier molecular flexibility index (Phi) is 5.85. The summed E-state index contributed by atoms with van der Waals surface area (Å²) in [5.41, 5.74) is 0. The number of aliphatic carboxylic acids is 1. The van der Waals surface area contributed by atoms with E-state index < -0.39 is 11.9 Å². The van der Waals surface area contributed by atoms with Crippen molar-refractivity contribution < 1.29 is 14.7 Å². The molecule has 0 aliphatic heterocycles. The molecule has 100 valence electrons. The smallest absolute Gasteiger partial charge is 0.308 e. The van der Waals surface area contributed by atoms with Crippen LogP contribution in [-0.2, 0) is 16.0 Å². The summed E-state index contributed by atoms with van der Waals surface area (Å²) < 4.78 is 0. The van der Waals surface area contributed by atoms with Crippen molar-refractivity contribution >= 4 is 23.2 Å². The zero-order chi connectivity index (χ0) is 13.5. The van der Waals surface area contributed by atoms with E-state index in [0.717, 1.165) is 4.88 Å². The number of carbonyl (C=O) groups excluding carboxylic acids is 1. The highest BCUT2D eigenvalue weighted by molar-refractivity contribution is 7.10. The van der Waals surface area contributed by atoms with Crippen molar-refractivity contribution in [2.24, 2.45) is 11.8 Å². The van der Waals surface area contributed by atoms with Crippen molar-refractivity contribution in [2.75, 3.05) is 6.54 Å². The highest BCUT2D eigenvalue weighted by atomic mass is 32.1. The maximum atomic E-state index is 11.6. The standard InChI is InChI=1S/C13H19NO3S/c1-9(2)6-10(13(16)17)8-14-12(15)7-11-4-3-5-18-11/h3-5,9-10H,6-8H2,1-2H3,(H,14,15)(H,16,17)/t10-/m0/s1. The Hall–Kier alpha value is -1.36. The summed E-state index contributed by atoms with van der Waals surface area (Å²) in [6.07, 6.45) is 0.903. The third-order valence-electron chi connectivity index (χ3n) is 2.57. The molecule has 1 amide bonds. The minimum atomic E-state index is -0.847. The minimum Gasteiger partial charge on any atom is -0.481 e. The number of hydrogen-bond acceptors (Lipinski definition) is 3. The molecule has 1 heterocycles. The normalized spacial score (nSPS) is 12.4. The van der Waals surface area contributed by atoms with Crippen LogP contribution in [0.4, 0.5) is 0 Å². The van der Waals surface area contributed by atoms with Gasteiger partial charge >= 0.3 is 5.97 Å². The first-order valence-electron chi connectivity index (χ1n) is 6.01. The van der Waals surface area contributed by atoms with Gasteiger partial charge in [-0.15, -0.1) is 11.3 Å². The van der Waals surface area contributed by atoms with Gasteiger partial charge < -0.3 is 10.4 Å². The first kappa shape index (κ1) is 14.7. The molecular weight excluding hydrogens is 250 g/mol. The Labute approximate surface area is 111 Å². The van der Waals surface area contributed by atoms with Crippen LogP contribution in [0.3, 0.4) is 0 Å². The lowest BCUT2D eigenvalue weighted by molar-refractivity contribution is -0.142. The zero-order valence-electron chi connectivity index (χ0n) is 10.7. The molecule has 0 aromatic carbocycles. The van der Waals surface area contributed by atoms with Crippen molar-refractivity contribution in [2.45, 2.75) is 26.7 Å². The van der Waals surface area contributed by atoms with Crippen molar-refractivity contribution in [3.8, 4) is 0 Å². The molecule has 0 bridgehead atoms. The number of thiophene rings is 1. The highest BCUT2D eigenvalue weighted by Gasteiger charge is 2.19. The number of amides is 1. The molecule has 0 aliphatic carbocycles. The predicted octanol–water partition coefficient (Wildman–Crippen LogP) is 2.15. The molecule has 0 unspecified atom stereocenters. The van der Waals surface area contributed by atoms with Gasteiger partial charge in [-0.1, -0.05) is 19.9 Å². The van der Waals surface area contributed by atoms with Gasteiger partial charge in [0, 0.05) is 11.4 Å². The highest BCUT2D eigenvalue weighted by Crippen LogP contribution is 2.12. The van der Waals surface area contributed by atoms with Gasteiger partial charge in [-0.3, -0.25) is 9.59 Å². The van der Waals surface area contributed by atoms with Gasteiger partial charge in [0.15, 0.2) is 0 Å². The quantitative estimate of drug-likeness (QED) is 0.797. The molecule has 0 saturated carbocycles. The third-order valence-corrected chi connectivity index (χ3v) is 3.44. The topological polar surface area (TPSA) is 66.4 Å². The van der Waals surface area contributed by atoms with Gasteiger partial charge in [0.25, 0.3) is 0 Å². The van der Waals surface area contributed by atoms with Crippen LogP contribution in [0, 0.1) is 11.8 Å². The molecule has 1 aromatic rings. The van der Waals surface area contributed by atoms with Gasteiger partial charge in [0.2, 0.25) is 5.91 Å². The molecule has 0 saturated heterocycles. The van der Waals surface area contributed by atoms with Crippen LogP contribution in [-0.4, -0.2) is 23.5 Å². The summed E-state index contributed by atoms with van der Waals surface area (Å²) in [5.74, 6) is -1.16. The molecule has 0 radical (unpaired) electrons. The lowest BCUT2D eigenvalue weighted by Crippen LogP contribution is -2.34. The Balaban J connectivity index is 2.37. The van der Waals surface area contributed by atoms with E-state index in [9.17, 15) is 9.59 Å². The van der Waals surface area contributed by atoms with E-state index in [2.05, 4.69) is 5.32 Å². The zero-order valence-corrected chi connectivity index (χ0v) is 11.5. The number of carboxylic acid groups (broad SMARTS) is 1. The second-order valence-electron chi connectivity index (χ2n) is 4.72. The molecule has 1 atom stereocenters. The van der Waals surface area contributed by atoms with Crippen molar-refractivity contribution in [1.82, 2.24) is 5.32 Å². The summed E-state index contributed by atoms with van der Waals surface area (Å²) in [6.45, 7) is 4.16. The SMILES string of the molecule is CC(C)C[C@@H](CNC(=O)Cc1cccs1)C(=O)O. The Morgan fingerprint density at radius 1 is 1.44 bits per heavy atom. The number of carboxylic acids is 1. The number of nitrogens with one attached hydrogen (secondary N) is 1. The molecule has 1 rings (SSSR count). The monoisotopic (exact) mass is 269 g/mol. The Morgan fingerprint density at radius 3 is 2.67 bits per heavy atom. The lowest BCUT2D eigenvalue weighted by atomic mass is 9.97. The number of hydrogen-bond donors (Lipinski definition) is 2. The first-order valence-corrected chi connectivity index (χ1v) is 6.89. The molecule has 5 heteroatoms. The van der Waals surface area contributed by atoms with Gasteiger partial charge in [-0.05, 0) is 23.8 Å². The average molecular weight is 269 g/mol. The fraction of sp³-hybridized carbons (Fsp3) is 0.538. The fourth-order valence-corrected chi connectivity index (χ4v) is 2.41. The van der Waals surface area contributed by atoms with E-state index in [4.69, 9.17) is 5.11 Å². The largest absolute Gasteiger partial charge is 0.481 e. The van der Waals surface area contributed by atoms with Gasteiger partial charge in [0.05, 0.1) is 12.3 Å².